The van der Waals surface area contributed by atoms with E-state index in [-0.39, 0.29) is 36.6 Å². The van der Waals surface area contributed by atoms with Crippen LogP contribution >= 0.6 is 0 Å². The van der Waals surface area contributed by atoms with E-state index in [2.05, 4.69) is 10.3 Å². The van der Waals surface area contributed by atoms with Crippen LogP contribution in [0, 0.1) is 18.6 Å². The van der Waals surface area contributed by atoms with E-state index in [9.17, 15) is 23.2 Å². The first-order chi connectivity index (χ1) is 15.3. The van der Waals surface area contributed by atoms with E-state index in [1.165, 1.54) is 23.8 Å². The van der Waals surface area contributed by atoms with Crippen molar-refractivity contribution in [1.82, 2.24) is 19.4 Å². The lowest BCUT2D eigenvalue weighted by Crippen LogP contribution is -2.43. The summed E-state index contributed by atoms with van der Waals surface area (Å²) in [6.45, 7) is 1.37. The maximum absolute atomic E-state index is 13.6. The molecule has 0 saturated heterocycles. The topological polar surface area (TPSA) is 95.2 Å². The predicted molar refractivity (Wildman–Crippen MR) is 110 cm³/mol. The van der Waals surface area contributed by atoms with Crippen molar-refractivity contribution in [2.75, 3.05) is 0 Å². The molecule has 164 valence electrons. The van der Waals surface area contributed by atoms with Crippen molar-refractivity contribution in [3.63, 3.8) is 0 Å². The Kier molecular flexibility index (Phi) is 5.67. The molecule has 4 rings (SSSR count). The van der Waals surface area contributed by atoms with Gasteiger partial charge in [-0.2, -0.15) is 0 Å². The number of nitrogens with one attached hydrogen (secondary N) is 1. The zero-order valence-corrected chi connectivity index (χ0v) is 17.0. The summed E-state index contributed by atoms with van der Waals surface area (Å²) in [5.74, 6) is -2.73. The SMILES string of the molecule is Cc1c2n(c(=O)n(Cc3ccc(F)c(F)c3)c1=O)C=C(C(=O)NCc1ccncc1)OC2. The third-order valence-corrected chi connectivity index (χ3v) is 5.09. The van der Waals surface area contributed by atoms with Crippen LogP contribution in [-0.2, 0) is 29.2 Å². The second kappa shape index (κ2) is 8.58. The molecule has 2 aromatic heterocycles. The van der Waals surface area contributed by atoms with Gasteiger partial charge in [0.05, 0.1) is 18.4 Å². The van der Waals surface area contributed by atoms with Crippen molar-refractivity contribution in [2.24, 2.45) is 0 Å². The van der Waals surface area contributed by atoms with Crippen LogP contribution in [0.3, 0.4) is 0 Å². The highest BCUT2D eigenvalue weighted by molar-refractivity contribution is 5.94. The summed E-state index contributed by atoms with van der Waals surface area (Å²) in [7, 11) is 0. The van der Waals surface area contributed by atoms with Gasteiger partial charge in [-0.3, -0.25) is 23.7 Å². The zero-order chi connectivity index (χ0) is 22.8. The van der Waals surface area contributed by atoms with Crippen LogP contribution in [0.1, 0.15) is 22.4 Å². The monoisotopic (exact) mass is 440 g/mol. The molecule has 0 spiro atoms. The molecule has 1 N–H and O–H groups in total. The average molecular weight is 440 g/mol. The van der Waals surface area contributed by atoms with E-state index in [1.807, 2.05) is 0 Å². The molecule has 0 atom stereocenters. The average Bonchev–Trinajstić information content (AvgIpc) is 2.81. The molecule has 0 saturated carbocycles. The molecule has 0 fully saturated rings. The normalized spacial score (nSPS) is 12.5. The molecule has 8 nitrogen and oxygen atoms in total. The van der Waals surface area contributed by atoms with Crippen LogP contribution in [0.25, 0.3) is 6.20 Å². The van der Waals surface area contributed by atoms with E-state index in [4.69, 9.17) is 4.74 Å². The van der Waals surface area contributed by atoms with Crippen molar-refractivity contribution in [1.29, 1.82) is 0 Å². The number of ether oxygens (including phenoxy) is 1. The molecule has 1 aliphatic rings. The van der Waals surface area contributed by atoms with E-state index < -0.39 is 28.8 Å². The highest BCUT2D eigenvalue weighted by Crippen LogP contribution is 2.16. The van der Waals surface area contributed by atoms with Crippen molar-refractivity contribution in [2.45, 2.75) is 26.6 Å². The molecule has 0 bridgehead atoms. The molecule has 0 aliphatic carbocycles. The number of halogens is 2. The molecule has 10 heteroatoms. The summed E-state index contributed by atoms with van der Waals surface area (Å²) in [5.41, 5.74) is 0.344. The molecule has 0 unspecified atom stereocenters. The Balaban J connectivity index is 1.65. The zero-order valence-electron chi connectivity index (χ0n) is 17.0. The number of rotatable bonds is 5. The Morgan fingerprint density at radius 1 is 1.12 bits per heavy atom. The lowest BCUT2D eigenvalue weighted by atomic mass is 10.2. The minimum absolute atomic E-state index is 0.0916. The molecule has 1 amide bonds. The quantitative estimate of drug-likeness (QED) is 0.652. The van der Waals surface area contributed by atoms with Gasteiger partial charge in [0.15, 0.2) is 11.6 Å². The summed E-state index contributed by atoms with van der Waals surface area (Å²) in [6, 6.07) is 6.64. The number of hydrogen-bond donors (Lipinski definition) is 1. The number of pyridine rings is 1. The van der Waals surface area contributed by atoms with Crippen LogP contribution < -0.4 is 16.6 Å². The second-order valence-electron chi connectivity index (χ2n) is 7.18. The highest BCUT2D eigenvalue weighted by atomic mass is 19.2. The summed E-state index contributed by atoms with van der Waals surface area (Å²) >= 11 is 0. The first kappa shape index (κ1) is 21.2. The van der Waals surface area contributed by atoms with Crippen LogP contribution in [0.4, 0.5) is 8.78 Å². The van der Waals surface area contributed by atoms with Crippen LogP contribution in [0.2, 0.25) is 0 Å². The van der Waals surface area contributed by atoms with E-state index in [0.717, 1.165) is 22.3 Å². The standard InChI is InChI=1S/C22H18F2N4O4/c1-13-18-12-32-19(20(29)26-9-14-4-6-25-7-5-14)11-27(18)22(31)28(21(13)30)10-15-2-3-16(23)17(24)8-15/h2-8,11H,9-10,12H2,1H3,(H,26,29). The Morgan fingerprint density at radius 3 is 2.59 bits per heavy atom. The predicted octanol–water partition coefficient (Wildman–Crippen LogP) is 1.68. The molecular formula is C22H18F2N4O4. The fourth-order valence-electron chi connectivity index (χ4n) is 3.30. The minimum Gasteiger partial charge on any atom is -0.480 e. The Bertz CT molecular complexity index is 1350. The molecule has 1 aromatic carbocycles. The summed E-state index contributed by atoms with van der Waals surface area (Å²) in [4.78, 5) is 42.1. The smallest absolute Gasteiger partial charge is 0.335 e. The van der Waals surface area contributed by atoms with Crippen molar-refractivity contribution >= 4 is 12.1 Å². The fourth-order valence-corrected chi connectivity index (χ4v) is 3.30. The largest absolute Gasteiger partial charge is 0.480 e. The molecule has 3 aromatic rings. The van der Waals surface area contributed by atoms with E-state index >= 15 is 0 Å². The van der Waals surface area contributed by atoms with Gasteiger partial charge in [-0.05, 0) is 42.3 Å². The first-order valence-corrected chi connectivity index (χ1v) is 9.65. The maximum Gasteiger partial charge on any atom is 0.335 e. The van der Waals surface area contributed by atoms with Gasteiger partial charge in [-0.15, -0.1) is 0 Å². The maximum atomic E-state index is 13.6. The lowest BCUT2D eigenvalue weighted by Gasteiger charge is -2.21. The van der Waals surface area contributed by atoms with Gasteiger partial charge in [0, 0.05) is 24.5 Å². The Hall–Kier alpha value is -4.08. The van der Waals surface area contributed by atoms with Crippen LogP contribution in [-0.4, -0.2) is 20.0 Å². The molecule has 32 heavy (non-hydrogen) atoms. The Labute approximate surface area is 180 Å². The van der Waals surface area contributed by atoms with Gasteiger partial charge in [0.2, 0.25) is 5.76 Å². The molecular weight excluding hydrogens is 422 g/mol. The molecule has 0 radical (unpaired) electrons. The number of carbonyl (C=O) groups excluding carboxylic acids is 1. The molecule has 1 aliphatic heterocycles. The van der Waals surface area contributed by atoms with Crippen LogP contribution in [0.5, 0.6) is 0 Å². The van der Waals surface area contributed by atoms with Gasteiger partial charge in [-0.1, -0.05) is 6.07 Å². The van der Waals surface area contributed by atoms with Gasteiger partial charge in [0.25, 0.3) is 11.5 Å². The fraction of sp³-hybridized carbons (Fsp3) is 0.182. The van der Waals surface area contributed by atoms with Crippen molar-refractivity contribution in [3.05, 3.63) is 103 Å². The summed E-state index contributed by atoms with van der Waals surface area (Å²) in [5, 5.41) is 2.69. The summed E-state index contributed by atoms with van der Waals surface area (Å²) in [6.07, 6.45) is 4.42. The van der Waals surface area contributed by atoms with Gasteiger partial charge >= 0.3 is 5.69 Å². The van der Waals surface area contributed by atoms with Crippen molar-refractivity contribution < 1.29 is 18.3 Å². The third-order valence-electron chi connectivity index (χ3n) is 5.09. The number of amides is 1. The van der Waals surface area contributed by atoms with E-state index in [1.54, 1.807) is 24.5 Å². The van der Waals surface area contributed by atoms with Gasteiger partial charge < -0.3 is 10.1 Å². The number of nitrogens with zero attached hydrogens (tertiary/aromatic N) is 3. The number of carbonyl (C=O) groups is 1. The Morgan fingerprint density at radius 2 is 1.88 bits per heavy atom. The number of aromatic nitrogens is 3. The van der Waals surface area contributed by atoms with Gasteiger partial charge in [0.1, 0.15) is 6.61 Å². The minimum atomic E-state index is -1.08. The number of benzene rings is 1. The van der Waals surface area contributed by atoms with Crippen molar-refractivity contribution in [3.8, 4) is 0 Å². The molecule has 3 heterocycles. The van der Waals surface area contributed by atoms with Crippen LogP contribution in [0.15, 0.2) is 58.1 Å². The first-order valence-electron chi connectivity index (χ1n) is 9.65. The van der Waals surface area contributed by atoms with E-state index in [0.29, 0.717) is 5.69 Å². The number of fused-ring (bicyclic) bond motifs is 1. The third kappa shape index (κ3) is 4.07. The second-order valence-corrected chi connectivity index (χ2v) is 7.18. The highest BCUT2D eigenvalue weighted by Gasteiger charge is 2.23. The summed E-state index contributed by atoms with van der Waals surface area (Å²) < 4.78 is 34.3. The number of hydrogen-bond acceptors (Lipinski definition) is 5. The van der Waals surface area contributed by atoms with Gasteiger partial charge in [-0.25, -0.2) is 13.6 Å². The lowest BCUT2D eigenvalue weighted by molar-refractivity contribution is -0.121.